The predicted octanol–water partition coefficient (Wildman–Crippen LogP) is 7.77. The molecule has 1 amide bonds. The number of imidazole rings is 1. The standard InChI is InChI=1S/C43H56N6O8/c1-11-12-29(2)56-41-45-40(48(27-31-15-19-35(51-7)24-37(31)53-9)28-32-16-20-36(52-8)25-38(32)54-10)39-44-26-33(49(39)46-41)23-30-13-17-34(18-14-30)55-22-21-47(6)42(50)57-43(3,4)5/h13-20,24-26,29H,11-12,21-23,27-28H2,1-10H3/t29-/m0/s1. The molecule has 57 heavy (non-hydrogen) atoms. The van der Waals surface area contributed by atoms with Gasteiger partial charge in [0.25, 0.3) is 0 Å². The van der Waals surface area contributed by atoms with Gasteiger partial charge in [0, 0.05) is 49.8 Å². The van der Waals surface area contributed by atoms with E-state index in [1.807, 2.05) is 99.1 Å². The number of ether oxygens (including phenoxy) is 7. The summed E-state index contributed by atoms with van der Waals surface area (Å²) in [4.78, 5) is 25.9. The predicted molar refractivity (Wildman–Crippen MR) is 218 cm³/mol. The summed E-state index contributed by atoms with van der Waals surface area (Å²) in [6.07, 6.45) is 3.65. The number of hydrogen-bond acceptors (Lipinski definition) is 12. The SMILES string of the molecule is CCC[C@H](C)Oc1nc(N(Cc2ccc(OC)cc2OC)Cc2ccc(OC)cc2OC)c2ncc(Cc3ccc(OCCN(C)C(=O)OC(C)(C)C)cc3)n2n1. The van der Waals surface area contributed by atoms with Crippen molar-refractivity contribution >= 4 is 17.6 Å². The van der Waals surface area contributed by atoms with Crippen molar-refractivity contribution in [2.75, 3.05) is 53.5 Å². The van der Waals surface area contributed by atoms with Crippen LogP contribution in [0, 0.1) is 0 Å². The van der Waals surface area contributed by atoms with E-state index >= 15 is 0 Å². The molecule has 0 aliphatic heterocycles. The average molecular weight is 785 g/mol. The summed E-state index contributed by atoms with van der Waals surface area (Å²) in [5, 5.41) is 4.88. The Morgan fingerprint density at radius 2 is 1.44 bits per heavy atom. The first-order valence-corrected chi connectivity index (χ1v) is 19.1. The number of fused-ring (bicyclic) bond motifs is 1. The molecule has 0 fully saturated rings. The maximum atomic E-state index is 12.3. The highest BCUT2D eigenvalue weighted by Crippen LogP contribution is 2.33. The van der Waals surface area contributed by atoms with Gasteiger partial charge in [-0.15, -0.1) is 5.10 Å². The summed E-state index contributed by atoms with van der Waals surface area (Å²) in [5.74, 6) is 3.99. The zero-order valence-corrected chi connectivity index (χ0v) is 34.8. The Bertz CT molecular complexity index is 2020. The molecule has 5 aromatic rings. The van der Waals surface area contributed by atoms with E-state index in [9.17, 15) is 4.79 Å². The fourth-order valence-corrected chi connectivity index (χ4v) is 6.15. The normalized spacial score (nSPS) is 11.8. The molecular formula is C43H56N6O8. The molecule has 0 spiro atoms. The van der Waals surface area contributed by atoms with Crippen LogP contribution in [0.5, 0.6) is 34.8 Å². The molecule has 14 nitrogen and oxygen atoms in total. The first-order chi connectivity index (χ1) is 27.3. The van der Waals surface area contributed by atoms with Gasteiger partial charge in [0.05, 0.1) is 53.0 Å². The number of amides is 1. The maximum absolute atomic E-state index is 12.3. The number of aromatic nitrogens is 4. The van der Waals surface area contributed by atoms with Crippen LogP contribution in [0.1, 0.15) is 69.8 Å². The summed E-state index contributed by atoms with van der Waals surface area (Å²) in [5.41, 5.74) is 3.70. The van der Waals surface area contributed by atoms with Crippen LogP contribution < -0.4 is 33.3 Å². The Morgan fingerprint density at radius 1 is 0.842 bits per heavy atom. The molecule has 0 aliphatic rings. The Labute approximate surface area is 335 Å². The molecule has 0 unspecified atom stereocenters. The van der Waals surface area contributed by atoms with Crippen LogP contribution in [0.3, 0.4) is 0 Å². The van der Waals surface area contributed by atoms with Crippen molar-refractivity contribution in [3.8, 4) is 34.8 Å². The lowest BCUT2D eigenvalue weighted by molar-refractivity contribution is 0.0278. The number of hydrogen-bond donors (Lipinski definition) is 0. The highest BCUT2D eigenvalue weighted by molar-refractivity contribution is 5.68. The van der Waals surface area contributed by atoms with Gasteiger partial charge in [-0.3, -0.25) is 0 Å². The molecular weight excluding hydrogens is 729 g/mol. The first-order valence-electron chi connectivity index (χ1n) is 19.1. The number of carbonyl (C=O) groups is 1. The van der Waals surface area contributed by atoms with E-state index in [0.29, 0.717) is 72.9 Å². The molecule has 2 heterocycles. The number of methoxy groups -OCH3 is 4. The molecule has 3 aromatic carbocycles. The smallest absolute Gasteiger partial charge is 0.410 e. The highest BCUT2D eigenvalue weighted by Gasteiger charge is 2.24. The first kappa shape index (κ1) is 42.2. The quantitative estimate of drug-likeness (QED) is 0.0811. The summed E-state index contributed by atoms with van der Waals surface area (Å²) < 4.78 is 42.2. The van der Waals surface area contributed by atoms with Gasteiger partial charge in [-0.25, -0.2) is 14.3 Å². The number of benzene rings is 3. The Hall–Kier alpha value is -5.92. The maximum Gasteiger partial charge on any atom is 0.410 e. The van der Waals surface area contributed by atoms with E-state index in [1.165, 1.54) is 4.90 Å². The van der Waals surface area contributed by atoms with Crippen LogP contribution in [-0.2, 0) is 24.2 Å². The topological polar surface area (TPSA) is 131 Å². The molecule has 0 radical (unpaired) electrons. The van der Waals surface area contributed by atoms with Gasteiger partial charge in [0.2, 0.25) is 0 Å². The van der Waals surface area contributed by atoms with Gasteiger partial charge >= 0.3 is 12.1 Å². The third-order valence-corrected chi connectivity index (χ3v) is 9.12. The number of rotatable bonds is 19. The summed E-state index contributed by atoms with van der Waals surface area (Å²) in [6.45, 7) is 11.2. The minimum atomic E-state index is -0.561. The van der Waals surface area contributed by atoms with Crippen molar-refractivity contribution in [2.24, 2.45) is 0 Å². The lowest BCUT2D eigenvalue weighted by Gasteiger charge is -2.26. The van der Waals surface area contributed by atoms with Gasteiger partial charge in [-0.05, 0) is 76.1 Å². The second-order valence-electron chi connectivity index (χ2n) is 14.7. The molecule has 5 rings (SSSR count). The van der Waals surface area contributed by atoms with Crippen LogP contribution in [0.4, 0.5) is 10.6 Å². The summed E-state index contributed by atoms with van der Waals surface area (Å²) in [7, 11) is 8.23. The molecule has 0 N–H and O–H groups in total. The summed E-state index contributed by atoms with van der Waals surface area (Å²) in [6, 6.07) is 19.6. The van der Waals surface area contributed by atoms with Crippen LogP contribution in [0.25, 0.3) is 5.65 Å². The van der Waals surface area contributed by atoms with Gasteiger partial charge in [-0.1, -0.05) is 25.5 Å². The van der Waals surface area contributed by atoms with E-state index in [0.717, 1.165) is 35.2 Å². The minimum Gasteiger partial charge on any atom is -0.497 e. The van der Waals surface area contributed by atoms with E-state index in [2.05, 4.69) is 11.8 Å². The van der Waals surface area contributed by atoms with Crippen LogP contribution >= 0.6 is 0 Å². The van der Waals surface area contributed by atoms with E-state index in [4.69, 9.17) is 48.2 Å². The Kier molecular flexibility index (Phi) is 14.3. The molecule has 0 saturated heterocycles. The van der Waals surface area contributed by atoms with Crippen molar-refractivity contribution in [1.82, 2.24) is 24.5 Å². The Balaban J connectivity index is 1.48. The molecule has 2 aromatic heterocycles. The number of nitrogens with zero attached hydrogens (tertiary/aromatic N) is 6. The Morgan fingerprint density at radius 3 is 1.98 bits per heavy atom. The van der Waals surface area contributed by atoms with Crippen molar-refractivity contribution in [2.45, 2.75) is 78.7 Å². The molecule has 14 heteroatoms. The third-order valence-electron chi connectivity index (χ3n) is 9.12. The molecule has 0 saturated carbocycles. The second-order valence-corrected chi connectivity index (χ2v) is 14.7. The van der Waals surface area contributed by atoms with Crippen molar-refractivity contribution in [3.63, 3.8) is 0 Å². The monoisotopic (exact) mass is 784 g/mol. The zero-order chi connectivity index (χ0) is 41.1. The average Bonchev–Trinajstić information content (AvgIpc) is 3.59. The number of carbonyl (C=O) groups excluding carboxylic acids is 1. The van der Waals surface area contributed by atoms with Crippen molar-refractivity contribution in [1.29, 1.82) is 0 Å². The summed E-state index contributed by atoms with van der Waals surface area (Å²) >= 11 is 0. The van der Waals surface area contributed by atoms with Crippen molar-refractivity contribution in [3.05, 3.63) is 89.2 Å². The van der Waals surface area contributed by atoms with Gasteiger partial charge in [0.15, 0.2) is 11.5 Å². The van der Waals surface area contributed by atoms with Crippen LogP contribution in [0.15, 0.2) is 66.9 Å². The van der Waals surface area contributed by atoms with Gasteiger partial charge in [-0.2, -0.15) is 4.98 Å². The third kappa shape index (κ3) is 11.3. The van der Waals surface area contributed by atoms with Crippen LogP contribution in [-0.4, -0.2) is 90.9 Å². The molecule has 0 aliphatic carbocycles. The highest BCUT2D eigenvalue weighted by atomic mass is 16.6. The van der Waals surface area contributed by atoms with E-state index in [-0.39, 0.29) is 18.2 Å². The molecule has 1 atom stereocenters. The fraction of sp³-hybridized carbons (Fsp3) is 0.442. The lowest BCUT2D eigenvalue weighted by atomic mass is 10.1. The van der Waals surface area contributed by atoms with Crippen molar-refractivity contribution < 1.29 is 38.0 Å². The fourth-order valence-electron chi connectivity index (χ4n) is 6.15. The van der Waals surface area contributed by atoms with Crippen LogP contribution in [0.2, 0.25) is 0 Å². The van der Waals surface area contributed by atoms with E-state index in [1.54, 1.807) is 35.5 Å². The van der Waals surface area contributed by atoms with E-state index < -0.39 is 5.60 Å². The molecule has 0 bridgehead atoms. The second kappa shape index (κ2) is 19.3. The zero-order valence-electron chi connectivity index (χ0n) is 34.8. The lowest BCUT2D eigenvalue weighted by Crippen LogP contribution is -2.36. The largest absolute Gasteiger partial charge is 0.497 e. The van der Waals surface area contributed by atoms with Gasteiger partial charge in [0.1, 0.15) is 41.0 Å². The number of likely N-dealkylation sites (N-methyl/N-ethyl adjacent to an activating group) is 1. The van der Waals surface area contributed by atoms with Gasteiger partial charge < -0.3 is 43.0 Å². The minimum absolute atomic E-state index is 0.111. The molecule has 306 valence electrons. The number of anilines is 1.